The second-order valence-corrected chi connectivity index (χ2v) is 6.05. The van der Waals surface area contributed by atoms with Gasteiger partial charge in [0.15, 0.2) is 6.29 Å². The molecule has 2 unspecified atom stereocenters. The molecule has 1 aliphatic rings. The predicted molar refractivity (Wildman–Crippen MR) is 86.8 cm³/mol. The summed E-state index contributed by atoms with van der Waals surface area (Å²) in [5.41, 5.74) is 17.3. The van der Waals surface area contributed by atoms with Crippen molar-refractivity contribution in [2.45, 2.75) is 19.1 Å². The summed E-state index contributed by atoms with van der Waals surface area (Å²) >= 11 is 12.1. The van der Waals surface area contributed by atoms with Crippen molar-refractivity contribution >= 4 is 28.9 Å². The van der Waals surface area contributed by atoms with Crippen LogP contribution in [0.5, 0.6) is 0 Å². The highest BCUT2D eigenvalue weighted by molar-refractivity contribution is 6.35. The maximum Gasteiger partial charge on any atom is 0.152 e. The van der Waals surface area contributed by atoms with Crippen molar-refractivity contribution in [1.29, 1.82) is 0 Å². The molecule has 0 radical (unpaired) electrons. The first kappa shape index (κ1) is 15.5. The monoisotopic (exact) mass is 341 g/mol. The Labute approximate surface area is 138 Å². The molecule has 0 spiro atoms. The fourth-order valence-corrected chi connectivity index (χ4v) is 2.98. The lowest BCUT2D eigenvalue weighted by Crippen LogP contribution is -2.48. The predicted octanol–water partition coefficient (Wildman–Crippen LogP) is 1.04. The first-order valence-electron chi connectivity index (χ1n) is 6.70. The number of hydrogen-bond donors (Lipinski definition) is 3. The van der Waals surface area contributed by atoms with Crippen molar-refractivity contribution in [3.8, 4) is 0 Å². The van der Waals surface area contributed by atoms with E-state index in [9.17, 15) is 0 Å². The molecule has 9 heteroatoms. The molecule has 1 fully saturated rings. The van der Waals surface area contributed by atoms with E-state index in [-0.39, 0.29) is 0 Å². The number of aryl methyl sites for hydroxylation is 1. The summed E-state index contributed by atoms with van der Waals surface area (Å²) < 4.78 is 1.74. The molecule has 0 saturated carbocycles. The number of hydrazine groups is 1. The molecule has 0 bridgehead atoms. The maximum atomic E-state index is 6.30. The first-order valence-corrected chi connectivity index (χ1v) is 7.45. The summed E-state index contributed by atoms with van der Waals surface area (Å²) in [7, 11) is 1.87. The molecule has 22 heavy (non-hydrogen) atoms. The quantitative estimate of drug-likeness (QED) is 0.772. The number of benzene rings is 1. The van der Waals surface area contributed by atoms with Gasteiger partial charge in [-0.15, -0.1) is 0 Å². The van der Waals surface area contributed by atoms with Crippen molar-refractivity contribution in [3.05, 3.63) is 46.2 Å². The van der Waals surface area contributed by atoms with Crippen LogP contribution in [-0.4, -0.2) is 27.3 Å². The zero-order valence-corrected chi connectivity index (χ0v) is 13.5. The minimum absolute atomic E-state index is 0.423. The SMILES string of the molecule is Cn1cc(CN2C(N)NN(c3cc(Cl)cc(Cl)c3)C2N)cn1. The summed E-state index contributed by atoms with van der Waals surface area (Å²) in [5, 5.41) is 6.97. The summed E-state index contributed by atoms with van der Waals surface area (Å²) in [6.45, 7) is 0.577. The van der Waals surface area contributed by atoms with Crippen molar-refractivity contribution < 1.29 is 0 Å². The van der Waals surface area contributed by atoms with Crippen LogP contribution in [0.3, 0.4) is 0 Å². The Morgan fingerprint density at radius 1 is 1.23 bits per heavy atom. The molecule has 1 aromatic carbocycles. The molecule has 2 atom stereocenters. The number of hydrogen-bond acceptors (Lipinski definition) is 6. The molecule has 0 aliphatic carbocycles. The van der Waals surface area contributed by atoms with E-state index in [1.165, 1.54) is 0 Å². The molecule has 0 amide bonds. The van der Waals surface area contributed by atoms with Crippen molar-refractivity contribution in [1.82, 2.24) is 20.1 Å². The summed E-state index contributed by atoms with van der Waals surface area (Å²) in [5.74, 6) is 0. The standard InChI is InChI=1S/C13H17Cl2N7/c1-20-6-8(5-18-20)7-21-12(16)19-22(13(21)17)11-3-9(14)2-10(15)4-11/h2-6,12-13,19H,7,16-17H2,1H3. The molecular formula is C13H17Cl2N7. The van der Waals surface area contributed by atoms with Gasteiger partial charge in [0.25, 0.3) is 0 Å². The molecule has 3 rings (SSSR count). The van der Waals surface area contributed by atoms with Gasteiger partial charge in [-0.2, -0.15) is 5.10 Å². The van der Waals surface area contributed by atoms with Crippen LogP contribution in [0.25, 0.3) is 0 Å². The number of aromatic nitrogens is 2. The summed E-state index contributed by atoms with van der Waals surface area (Å²) in [6.07, 6.45) is 2.84. The van der Waals surface area contributed by atoms with Gasteiger partial charge >= 0.3 is 0 Å². The van der Waals surface area contributed by atoms with E-state index in [1.807, 2.05) is 18.1 Å². The molecule has 1 aromatic heterocycles. The Kier molecular flexibility index (Phi) is 4.26. The highest BCUT2D eigenvalue weighted by Crippen LogP contribution is 2.28. The van der Waals surface area contributed by atoms with Crippen LogP contribution in [0.4, 0.5) is 5.69 Å². The van der Waals surface area contributed by atoms with E-state index in [4.69, 9.17) is 34.7 Å². The fourth-order valence-electron chi connectivity index (χ4n) is 2.47. The smallest absolute Gasteiger partial charge is 0.152 e. The Morgan fingerprint density at radius 3 is 2.50 bits per heavy atom. The lowest BCUT2D eigenvalue weighted by molar-refractivity contribution is 0.184. The Balaban J connectivity index is 1.81. The van der Waals surface area contributed by atoms with Gasteiger partial charge in [-0.25, -0.2) is 10.3 Å². The topological polar surface area (TPSA) is 88.4 Å². The largest absolute Gasteiger partial charge is 0.302 e. The third kappa shape index (κ3) is 3.05. The molecule has 1 aliphatic heterocycles. The Bertz CT molecular complexity index is 654. The highest BCUT2D eigenvalue weighted by Gasteiger charge is 2.35. The molecule has 2 heterocycles. The number of halogens is 2. The van der Waals surface area contributed by atoms with Gasteiger partial charge in [0.2, 0.25) is 0 Å². The summed E-state index contributed by atoms with van der Waals surface area (Å²) in [6, 6.07) is 5.22. The number of nitrogens with two attached hydrogens (primary N) is 2. The van der Waals surface area contributed by atoms with E-state index in [0.29, 0.717) is 16.6 Å². The number of rotatable bonds is 3. The molecule has 2 aromatic rings. The third-order valence-electron chi connectivity index (χ3n) is 3.48. The highest BCUT2D eigenvalue weighted by atomic mass is 35.5. The average molecular weight is 342 g/mol. The lowest BCUT2D eigenvalue weighted by atomic mass is 10.3. The van der Waals surface area contributed by atoms with Crippen LogP contribution >= 0.6 is 23.2 Å². The van der Waals surface area contributed by atoms with Gasteiger partial charge < -0.3 is 5.73 Å². The van der Waals surface area contributed by atoms with Gasteiger partial charge in [-0.05, 0) is 18.2 Å². The Morgan fingerprint density at radius 2 is 1.91 bits per heavy atom. The van der Waals surface area contributed by atoms with Crippen LogP contribution in [0.15, 0.2) is 30.6 Å². The number of nitrogens with one attached hydrogen (secondary N) is 1. The van der Waals surface area contributed by atoms with Gasteiger partial charge in [0, 0.05) is 35.4 Å². The molecule has 5 N–H and O–H groups in total. The van der Waals surface area contributed by atoms with Crippen molar-refractivity contribution in [2.24, 2.45) is 18.5 Å². The second kappa shape index (κ2) is 6.04. The molecular weight excluding hydrogens is 325 g/mol. The third-order valence-corrected chi connectivity index (χ3v) is 3.92. The maximum absolute atomic E-state index is 6.30. The number of anilines is 1. The molecule has 118 valence electrons. The van der Waals surface area contributed by atoms with E-state index in [0.717, 1.165) is 11.3 Å². The van der Waals surface area contributed by atoms with E-state index >= 15 is 0 Å². The average Bonchev–Trinajstić information content (AvgIpc) is 2.96. The van der Waals surface area contributed by atoms with Gasteiger partial charge in [0.1, 0.15) is 6.29 Å². The normalized spacial score (nSPS) is 22.5. The minimum atomic E-state index is -0.454. The van der Waals surface area contributed by atoms with Crippen LogP contribution in [0, 0.1) is 0 Å². The molecule has 1 saturated heterocycles. The van der Waals surface area contributed by atoms with Crippen LogP contribution < -0.4 is 21.9 Å². The van der Waals surface area contributed by atoms with E-state index < -0.39 is 12.6 Å². The van der Waals surface area contributed by atoms with Crippen LogP contribution in [0.2, 0.25) is 10.0 Å². The second-order valence-electron chi connectivity index (χ2n) is 5.18. The lowest BCUT2D eigenvalue weighted by Gasteiger charge is -2.26. The first-order chi connectivity index (χ1) is 10.4. The van der Waals surface area contributed by atoms with Crippen molar-refractivity contribution in [3.63, 3.8) is 0 Å². The van der Waals surface area contributed by atoms with E-state index in [2.05, 4.69) is 10.5 Å². The fraction of sp³-hybridized carbons (Fsp3) is 0.308. The zero-order valence-electron chi connectivity index (χ0n) is 11.9. The Hall–Kier alpha value is -1.35. The van der Waals surface area contributed by atoms with Gasteiger partial charge in [-0.3, -0.25) is 15.4 Å². The zero-order chi connectivity index (χ0) is 15.9. The van der Waals surface area contributed by atoms with Crippen LogP contribution in [-0.2, 0) is 13.6 Å². The van der Waals surface area contributed by atoms with Gasteiger partial charge in [0.05, 0.1) is 11.9 Å². The van der Waals surface area contributed by atoms with Crippen molar-refractivity contribution in [2.75, 3.05) is 5.01 Å². The van der Waals surface area contributed by atoms with E-state index in [1.54, 1.807) is 34.1 Å². The van der Waals surface area contributed by atoms with Gasteiger partial charge in [-0.1, -0.05) is 23.2 Å². The van der Waals surface area contributed by atoms with Crippen LogP contribution in [0.1, 0.15) is 5.56 Å². The summed E-state index contributed by atoms with van der Waals surface area (Å²) in [4.78, 5) is 1.91. The minimum Gasteiger partial charge on any atom is -0.302 e. The number of nitrogens with zero attached hydrogens (tertiary/aromatic N) is 4. The molecule has 7 nitrogen and oxygen atoms in total.